The minimum atomic E-state index is -4.07. The number of benzene rings is 3. The van der Waals surface area contributed by atoms with E-state index in [0.717, 1.165) is 22.0 Å². The number of aryl methyl sites for hydroxylation is 1. The van der Waals surface area contributed by atoms with E-state index >= 15 is 0 Å². The summed E-state index contributed by atoms with van der Waals surface area (Å²) in [5.41, 5.74) is 2.44. The van der Waals surface area contributed by atoms with Gasteiger partial charge in [0.25, 0.3) is 15.6 Å². The standard InChI is InChI=1S/C38H34N4O8S/c1-4-38(30-19-32-35-26(18-25-7-5-6-8-31(25)40-35)21-42(32)36(44)29(30)22-49-37(38)45)50-34(43)20-39-33(17-24-11-13-27(48-3)14-12-24)41-51(46,47)28-15-9-23(2)10-16-28/h5-16,18-19H,4,17,20-22H2,1-3H3,(H,39,41)/t38-/m0/s1. The first-order valence-corrected chi connectivity index (χ1v) is 17.8. The third-order valence-electron chi connectivity index (χ3n) is 9.19. The molecule has 0 bridgehead atoms. The van der Waals surface area contributed by atoms with E-state index in [1.54, 1.807) is 54.0 Å². The van der Waals surface area contributed by atoms with Gasteiger partial charge in [0.1, 0.15) is 24.7 Å². The Labute approximate surface area is 293 Å². The van der Waals surface area contributed by atoms with Gasteiger partial charge in [0.05, 0.1) is 41.0 Å². The van der Waals surface area contributed by atoms with Crippen molar-refractivity contribution in [2.24, 2.45) is 4.99 Å². The average molecular weight is 707 g/mol. The molecule has 51 heavy (non-hydrogen) atoms. The van der Waals surface area contributed by atoms with Crippen LogP contribution < -0.4 is 15.0 Å². The number of aliphatic imine (C=N–C) groups is 1. The Kier molecular flexibility index (Phi) is 8.67. The number of amidine groups is 1. The fourth-order valence-electron chi connectivity index (χ4n) is 6.46. The SMILES string of the molecule is CC[C@@]1(OC(=O)CN=C(Cc2ccc(OC)cc2)NS(=O)(=O)c2ccc(C)cc2)C(=O)OCc2c1cc1n(c2=O)Cc2cc3ccccc3nc2-1. The van der Waals surface area contributed by atoms with E-state index in [0.29, 0.717) is 29.2 Å². The Morgan fingerprint density at radius 1 is 1.04 bits per heavy atom. The highest BCUT2D eigenvalue weighted by Gasteiger charge is 2.50. The maximum atomic E-state index is 13.9. The lowest BCUT2D eigenvalue weighted by Crippen LogP contribution is -2.48. The molecule has 2 aliphatic rings. The first-order valence-electron chi connectivity index (χ1n) is 16.3. The summed E-state index contributed by atoms with van der Waals surface area (Å²) in [4.78, 5) is 50.1. The quantitative estimate of drug-likeness (QED) is 0.129. The lowest BCUT2D eigenvalue weighted by atomic mass is 9.85. The molecule has 260 valence electrons. The molecule has 0 saturated heterocycles. The van der Waals surface area contributed by atoms with Crippen molar-refractivity contribution < 1.29 is 32.2 Å². The van der Waals surface area contributed by atoms with Crippen LogP contribution in [0.4, 0.5) is 0 Å². The van der Waals surface area contributed by atoms with Crippen molar-refractivity contribution in [3.05, 3.63) is 123 Å². The number of pyridine rings is 2. The minimum absolute atomic E-state index is 0.0208. The number of sulfonamides is 1. The molecular formula is C38H34N4O8S. The number of para-hydroxylation sites is 1. The monoisotopic (exact) mass is 706 g/mol. The van der Waals surface area contributed by atoms with E-state index in [1.807, 2.05) is 37.3 Å². The predicted molar refractivity (Wildman–Crippen MR) is 189 cm³/mol. The summed E-state index contributed by atoms with van der Waals surface area (Å²) in [6.07, 6.45) is -0.00982. The summed E-state index contributed by atoms with van der Waals surface area (Å²) in [6.45, 7) is 2.89. The molecule has 1 atom stereocenters. The normalized spacial score (nSPS) is 16.5. The highest BCUT2D eigenvalue weighted by molar-refractivity contribution is 7.90. The lowest BCUT2D eigenvalue weighted by Gasteiger charge is -2.35. The van der Waals surface area contributed by atoms with Gasteiger partial charge in [-0.05, 0) is 61.4 Å². The van der Waals surface area contributed by atoms with Crippen LogP contribution in [0.5, 0.6) is 5.75 Å². The summed E-state index contributed by atoms with van der Waals surface area (Å²) in [5.74, 6) is -1.15. The molecule has 1 N–H and O–H groups in total. The molecule has 12 nitrogen and oxygen atoms in total. The largest absolute Gasteiger partial charge is 0.497 e. The predicted octanol–water partition coefficient (Wildman–Crippen LogP) is 4.57. The molecule has 5 aromatic rings. The number of aromatic nitrogens is 2. The number of hydrogen-bond donors (Lipinski definition) is 1. The van der Waals surface area contributed by atoms with Gasteiger partial charge in [0.15, 0.2) is 0 Å². The Morgan fingerprint density at radius 2 is 1.78 bits per heavy atom. The molecule has 3 aromatic carbocycles. The number of ether oxygens (including phenoxy) is 3. The minimum Gasteiger partial charge on any atom is -0.497 e. The van der Waals surface area contributed by atoms with Crippen molar-refractivity contribution in [2.75, 3.05) is 13.7 Å². The van der Waals surface area contributed by atoms with E-state index in [1.165, 1.54) is 19.2 Å². The zero-order valence-corrected chi connectivity index (χ0v) is 29.0. The molecule has 0 amide bonds. The van der Waals surface area contributed by atoms with Crippen LogP contribution in [0.3, 0.4) is 0 Å². The number of nitrogens with one attached hydrogen (secondary N) is 1. The third-order valence-corrected chi connectivity index (χ3v) is 10.6. The number of fused-ring (bicyclic) bond motifs is 5. The number of carbonyl (C=O) groups is 2. The fourth-order valence-corrected chi connectivity index (χ4v) is 7.52. The smallest absolute Gasteiger partial charge is 0.355 e. The van der Waals surface area contributed by atoms with Crippen molar-refractivity contribution >= 4 is 38.7 Å². The molecule has 2 aliphatic heterocycles. The van der Waals surface area contributed by atoms with E-state index in [-0.39, 0.29) is 46.9 Å². The highest BCUT2D eigenvalue weighted by Crippen LogP contribution is 2.41. The number of esters is 2. The molecule has 0 saturated carbocycles. The van der Waals surface area contributed by atoms with Gasteiger partial charge in [0, 0.05) is 22.9 Å². The number of cyclic esters (lactones) is 1. The van der Waals surface area contributed by atoms with E-state index in [2.05, 4.69) is 9.71 Å². The van der Waals surface area contributed by atoms with Gasteiger partial charge in [-0.15, -0.1) is 0 Å². The molecule has 7 rings (SSSR count). The van der Waals surface area contributed by atoms with Gasteiger partial charge in [-0.25, -0.2) is 23.0 Å². The molecular weight excluding hydrogens is 673 g/mol. The molecule has 0 spiro atoms. The Hall–Kier alpha value is -5.82. The Bertz CT molecular complexity index is 2400. The summed E-state index contributed by atoms with van der Waals surface area (Å²) < 4.78 is 47.4. The highest BCUT2D eigenvalue weighted by atomic mass is 32.2. The van der Waals surface area contributed by atoms with Crippen molar-refractivity contribution in [3.63, 3.8) is 0 Å². The summed E-state index contributed by atoms with van der Waals surface area (Å²) in [5, 5.41) is 0.935. The van der Waals surface area contributed by atoms with Crippen LogP contribution in [-0.2, 0) is 54.3 Å². The van der Waals surface area contributed by atoms with Crippen molar-refractivity contribution in [1.29, 1.82) is 0 Å². The van der Waals surface area contributed by atoms with Gasteiger partial charge in [-0.3, -0.25) is 14.5 Å². The van der Waals surface area contributed by atoms with Gasteiger partial charge >= 0.3 is 11.9 Å². The average Bonchev–Trinajstić information content (AvgIpc) is 3.49. The van der Waals surface area contributed by atoms with Gasteiger partial charge in [-0.2, -0.15) is 0 Å². The van der Waals surface area contributed by atoms with E-state index < -0.39 is 34.1 Å². The van der Waals surface area contributed by atoms with Crippen molar-refractivity contribution in [3.8, 4) is 17.1 Å². The van der Waals surface area contributed by atoms with Crippen LogP contribution in [0, 0.1) is 6.92 Å². The van der Waals surface area contributed by atoms with Crippen LogP contribution in [0.2, 0.25) is 0 Å². The summed E-state index contributed by atoms with van der Waals surface area (Å²) >= 11 is 0. The van der Waals surface area contributed by atoms with Crippen LogP contribution in [0.15, 0.2) is 99.6 Å². The maximum Gasteiger partial charge on any atom is 0.355 e. The second-order valence-electron chi connectivity index (χ2n) is 12.4. The van der Waals surface area contributed by atoms with Crippen LogP contribution in [-0.4, -0.2) is 49.4 Å². The van der Waals surface area contributed by atoms with Gasteiger partial charge in [0.2, 0.25) is 5.60 Å². The van der Waals surface area contributed by atoms with Crippen LogP contribution in [0.1, 0.15) is 41.2 Å². The second-order valence-corrected chi connectivity index (χ2v) is 14.1. The lowest BCUT2D eigenvalue weighted by molar-refractivity contribution is -0.188. The number of nitrogens with zero attached hydrogens (tertiary/aromatic N) is 3. The number of methoxy groups -OCH3 is 1. The van der Waals surface area contributed by atoms with Gasteiger partial charge in [-0.1, -0.05) is 55.0 Å². The second kappa shape index (κ2) is 13.1. The molecule has 0 aliphatic carbocycles. The molecule has 0 radical (unpaired) electrons. The Balaban J connectivity index is 1.21. The van der Waals surface area contributed by atoms with Crippen molar-refractivity contribution in [1.82, 2.24) is 14.3 Å². The molecule has 13 heteroatoms. The topological polar surface area (TPSA) is 155 Å². The zero-order valence-electron chi connectivity index (χ0n) is 28.1. The fraction of sp³-hybridized carbons (Fsp3) is 0.237. The summed E-state index contributed by atoms with van der Waals surface area (Å²) in [6, 6.07) is 24.6. The Morgan fingerprint density at radius 3 is 2.51 bits per heavy atom. The van der Waals surface area contributed by atoms with E-state index in [9.17, 15) is 22.8 Å². The van der Waals surface area contributed by atoms with Crippen molar-refractivity contribution in [2.45, 2.75) is 50.3 Å². The number of hydrogen-bond acceptors (Lipinski definition) is 10. The maximum absolute atomic E-state index is 13.9. The molecule has 0 fully saturated rings. The number of carbonyl (C=O) groups excluding carboxylic acids is 2. The molecule has 2 aromatic heterocycles. The first-order chi connectivity index (χ1) is 24.5. The third kappa shape index (κ3) is 6.25. The van der Waals surface area contributed by atoms with E-state index in [4.69, 9.17) is 19.2 Å². The van der Waals surface area contributed by atoms with Gasteiger partial charge < -0.3 is 18.8 Å². The molecule has 4 heterocycles. The summed E-state index contributed by atoms with van der Waals surface area (Å²) in [7, 11) is -2.54. The molecule has 0 unspecified atom stereocenters. The number of rotatable bonds is 9. The first kappa shape index (κ1) is 33.7. The zero-order chi connectivity index (χ0) is 35.9. The van der Waals surface area contributed by atoms with Crippen LogP contribution in [0.25, 0.3) is 22.3 Å². The van der Waals surface area contributed by atoms with Crippen LogP contribution >= 0.6 is 0 Å².